The first-order valence-corrected chi connectivity index (χ1v) is 6.99. The van der Waals surface area contributed by atoms with Gasteiger partial charge in [-0.05, 0) is 56.9 Å². The van der Waals surface area contributed by atoms with Gasteiger partial charge in [0.25, 0.3) is 0 Å². The Labute approximate surface area is 104 Å². The minimum Gasteiger partial charge on any atom is -0.242 e. The Hall–Kier alpha value is -0.740. The molecule has 0 spiro atoms. The first-order valence-electron chi connectivity index (χ1n) is 5.84. The highest BCUT2D eigenvalue weighted by Crippen LogP contribution is 2.32. The van der Waals surface area contributed by atoms with Crippen molar-refractivity contribution in [2.45, 2.75) is 44.4 Å². The van der Waals surface area contributed by atoms with Crippen molar-refractivity contribution < 1.29 is 8.60 Å². The van der Waals surface area contributed by atoms with Crippen LogP contribution in [0.15, 0.2) is 18.2 Å². The Balaban J connectivity index is 2.15. The van der Waals surface area contributed by atoms with Crippen molar-refractivity contribution in [1.82, 2.24) is 4.72 Å². The lowest BCUT2D eigenvalue weighted by Crippen LogP contribution is -2.35. The highest BCUT2D eigenvalue weighted by molar-refractivity contribution is 7.84. The van der Waals surface area contributed by atoms with Crippen LogP contribution in [0.3, 0.4) is 0 Å². The van der Waals surface area contributed by atoms with E-state index >= 15 is 0 Å². The number of aryl methyl sites for hydroxylation is 1. The molecule has 1 aliphatic rings. The molecular formula is C13H18FNOS. The molecule has 17 heavy (non-hydrogen) atoms. The molecule has 1 N–H and O–H groups in total. The fraction of sp³-hybridized carbons (Fsp3) is 0.538. The second kappa shape index (κ2) is 4.50. The molecule has 1 unspecified atom stereocenters. The molecule has 1 aromatic carbocycles. The summed E-state index contributed by atoms with van der Waals surface area (Å²) in [5, 5.41) is 0. The molecule has 0 fully saturated rings. The molecule has 1 aromatic rings. The van der Waals surface area contributed by atoms with E-state index in [0.717, 1.165) is 24.0 Å². The summed E-state index contributed by atoms with van der Waals surface area (Å²) >= 11 is 0. The van der Waals surface area contributed by atoms with Crippen molar-refractivity contribution in [2.75, 3.05) is 0 Å². The van der Waals surface area contributed by atoms with E-state index in [4.69, 9.17) is 0 Å². The second-order valence-corrected chi connectivity index (χ2v) is 7.43. The van der Waals surface area contributed by atoms with Crippen LogP contribution in [-0.2, 0) is 17.4 Å². The minimum absolute atomic E-state index is 0.0886. The molecule has 0 amide bonds. The van der Waals surface area contributed by atoms with Gasteiger partial charge in [-0.2, -0.15) is 0 Å². The zero-order valence-electron chi connectivity index (χ0n) is 10.4. The van der Waals surface area contributed by atoms with Crippen LogP contribution >= 0.6 is 0 Å². The van der Waals surface area contributed by atoms with Gasteiger partial charge >= 0.3 is 0 Å². The lowest BCUT2D eigenvalue weighted by Gasteiger charge is -2.22. The summed E-state index contributed by atoms with van der Waals surface area (Å²) in [5.74, 6) is -0.193. The first kappa shape index (κ1) is 12.7. The van der Waals surface area contributed by atoms with Crippen molar-refractivity contribution in [1.29, 1.82) is 0 Å². The Bertz CT molecular complexity index is 453. The van der Waals surface area contributed by atoms with Crippen LogP contribution in [-0.4, -0.2) is 8.96 Å². The molecule has 1 aliphatic carbocycles. The summed E-state index contributed by atoms with van der Waals surface area (Å²) in [4.78, 5) is 0. The third-order valence-corrected chi connectivity index (χ3v) is 4.60. The number of nitrogens with one attached hydrogen (secondary N) is 1. The third kappa shape index (κ3) is 2.75. The molecule has 2 rings (SSSR count). The van der Waals surface area contributed by atoms with Crippen LogP contribution in [0, 0.1) is 5.82 Å². The third-order valence-electron chi connectivity index (χ3n) is 2.99. The van der Waals surface area contributed by atoms with Crippen LogP contribution in [0.4, 0.5) is 4.39 Å². The van der Waals surface area contributed by atoms with Crippen LogP contribution in [0.5, 0.6) is 0 Å². The molecule has 2 nitrogen and oxygen atoms in total. The normalized spacial score (nSPS) is 21.3. The lowest BCUT2D eigenvalue weighted by atomic mass is 10.1. The van der Waals surface area contributed by atoms with E-state index in [1.165, 1.54) is 6.07 Å². The smallest absolute Gasteiger partial charge is 0.123 e. The quantitative estimate of drug-likeness (QED) is 0.865. The predicted octanol–water partition coefficient (Wildman–Crippen LogP) is 2.86. The van der Waals surface area contributed by atoms with Gasteiger partial charge in [0, 0.05) is 6.04 Å². The van der Waals surface area contributed by atoms with E-state index in [-0.39, 0.29) is 16.6 Å². The summed E-state index contributed by atoms with van der Waals surface area (Å²) in [6, 6.07) is 4.94. The number of hydrogen-bond acceptors (Lipinski definition) is 1. The molecule has 94 valence electrons. The van der Waals surface area contributed by atoms with Gasteiger partial charge < -0.3 is 0 Å². The number of halogens is 1. The van der Waals surface area contributed by atoms with Gasteiger partial charge in [-0.25, -0.2) is 13.3 Å². The Morgan fingerprint density at radius 2 is 2.12 bits per heavy atom. The number of rotatable bonds is 2. The van der Waals surface area contributed by atoms with Crippen LogP contribution in [0.2, 0.25) is 0 Å². The van der Waals surface area contributed by atoms with Gasteiger partial charge in [0.15, 0.2) is 0 Å². The predicted molar refractivity (Wildman–Crippen MR) is 68.5 cm³/mol. The molecule has 0 radical (unpaired) electrons. The van der Waals surface area contributed by atoms with Crippen molar-refractivity contribution in [3.63, 3.8) is 0 Å². The highest BCUT2D eigenvalue weighted by atomic mass is 32.2. The Morgan fingerprint density at radius 3 is 2.76 bits per heavy atom. The summed E-state index contributed by atoms with van der Waals surface area (Å²) in [5.41, 5.74) is 2.12. The van der Waals surface area contributed by atoms with Crippen molar-refractivity contribution in [3.8, 4) is 0 Å². The molecule has 4 heteroatoms. The van der Waals surface area contributed by atoms with Gasteiger partial charge in [-0.1, -0.05) is 6.07 Å². The van der Waals surface area contributed by atoms with Gasteiger partial charge in [0.2, 0.25) is 0 Å². The molecule has 0 saturated heterocycles. The van der Waals surface area contributed by atoms with Crippen molar-refractivity contribution >= 4 is 11.0 Å². The second-order valence-electron chi connectivity index (χ2n) is 5.43. The summed E-state index contributed by atoms with van der Waals surface area (Å²) in [6.07, 6.45) is 1.74. The molecule has 0 heterocycles. The molecule has 0 saturated carbocycles. The molecule has 0 bridgehead atoms. The fourth-order valence-electron chi connectivity index (χ4n) is 2.01. The van der Waals surface area contributed by atoms with Crippen LogP contribution < -0.4 is 4.72 Å². The van der Waals surface area contributed by atoms with E-state index in [9.17, 15) is 8.60 Å². The maximum Gasteiger partial charge on any atom is 0.123 e. The van der Waals surface area contributed by atoms with Gasteiger partial charge in [-0.15, -0.1) is 0 Å². The average Bonchev–Trinajstić information content (AvgIpc) is 2.59. The standard InChI is InChI=1S/C13H18FNOS/c1-13(2,3)17(16)15-12-7-4-9-8-10(14)5-6-11(9)12/h5-6,8,12,15H,4,7H2,1-3H3/t12-,17?/m0/s1. The Kier molecular flexibility index (Phi) is 3.36. The zero-order chi connectivity index (χ0) is 12.6. The number of benzene rings is 1. The van der Waals surface area contributed by atoms with Crippen molar-refractivity contribution in [2.24, 2.45) is 0 Å². The topological polar surface area (TPSA) is 29.1 Å². The van der Waals surface area contributed by atoms with Crippen LogP contribution in [0.25, 0.3) is 0 Å². The lowest BCUT2D eigenvalue weighted by molar-refractivity contribution is 0.595. The highest BCUT2D eigenvalue weighted by Gasteiger charge is 2.28. The summed E-state index contributed by atoms with van der Waals surface area (Å²) < 4.78 is 28.0. The molecular weight excluding hydrogens is 237 g/mol. The van der Waals surface area contributed by atoms with E-state index < -0.39 is 11.0 Å². The maximum atomic E-state index is 13.1. The van der Waals surface area contributed by atoms with E-state index in [1.807, 2.05) is 20.8 Å². The molecule has 2 atom stereocenters. The van der Waals surface area contributed by atoms with E-state index in [2.05, 4.69) is 4.72 Å². The van der Waals surface area contributed by atoms with Crippen LogP contribution in [0.1, 0.15) is 44.4 Å². The van der Waals surface area contributed by atoms with Crippen molar-refractivity contribution in [3.05, 3.63) is 35.1 Å². The zero-order valence-corrected chi connectivity index (χ0v) is 11.2. The first-order chi connectivity index (χ1) is 7.88. The largest absolute Gasteiger partial charge is 0.242 e. The average molecular weight is 255 g/mol. The van der Waals surface area contributed by atoms with Gasteiger partial charge in [0.1, 0.15) is 5.82 Å². The van der Waals surface area contributed by atoms with E-state index in [1.54, 1.807) is 12.1 Å². The van der Waals surface area contributed by atoms with Gasteiger partial charge in [-0.3, -0.25) is 0 Å². The van der Waals surface area contributed by atoms with E-state index in [0.29, 0.717) is 0 Å². The Morgan fingerprint density at radius 1 is 1.41 bits per heavy atom. The SMILES string of the molecule is CC(C)(C)S(=O)N[C@H]1CCc2cc(F)ccc21. The fourth-order valence-corrected chi connectivity index (χ4v) is 2.87. The molecule has 0 aliphatic heterocycles. The summed E-state index contributed by atoms with van der Waals surface area (Å²) in [6.45, 7) is 5.82. The maximum absolute atomic E-state index is 13.1. The van der Waals surface area contributed by atoms with Gasteiger partial charge in [0.05, 0.1) is 15.7 Å². The number of fused-ring (bicyclic) bond motifs is 1. The number of hydrogen-bond donors (Lipinski definition) is 1. The molecule has 0 aromatic heterocycles. The summed E-state index contributed by atoms with van der Waals surface area (Å²) in [7, 11) is -1.08. The minimum atomic E-state index is -1.08. The monoisotopic (exact) mass is 255 g/mol.